The van der Waals surface area contributed by atoms with Crippen molar-refractivity contribution >= 4 is 17.7 Å². The first-order chi connectivity index (χ1) is 17.6. The van der Waals surface area contributed by atoms with Crippen molar-refractivity contribution in [3.8, 4) is 11.4 Å². The number of aryl methyl sites for hydroxylation is 2. The molecule has 12 heteroatoms. The molecule has 4 heterocycles. The van der Waals surface area contributed by atoms with Gasteiger partial charge in [0.05, 0.1) is 48.8 Å². The van der Waals surface area contributed by atoms with E-state index in [2.05, 4.69) is 10.3 Å². The fourth-order valence-corrected chi connectivity index (χ4v) is 5.43. The molecule has 1 N–H and O–H groups in total. The third-order valence-electron chi connectivity index (χ3n) is 7.35. The molecule has 2 unspecified atom stereocenters. The first kappa shape index (κ1) is 25.3. The van der Waals surface area contributed by atoms with Gasteiger partial charge in [0.1, 0.15) is 11.8 Å². The van der Waals surface area contributed by atoms with E-state index in [1.54, 1.807) is 33.7 Å². The Hall–Kier alpha value is -3.31. The topological polar surface area (TPSA) is 114 Å². The number of cyclic esters (lactones) is 1. The highest BCUT2D eigenvalue weighted by Crippen LogP contribution is 2.37. The van der Waals surface area contributed by atoms with E-state index in [-0.39, 0.29) is 31.7 Å². The SMILES string of the molecule is CCc1nc(-c2nnn(C)c2CN2CC(CC3CC3)OC2=O)ccc1N1CC(CC(=O)O)CC(F)(F)C1. The standard InChI is InChI=1S/C25H32F2N6O4/c1-3-18-20(33-11-16(9-22(34)35)10-25(26,27)14-33)7-6-19(28-18)23-21(31(2)30-29-23)13-32-12-17(37-24(32)36)8-15-4-5-15/h6-7,15-17H,3-5,8-14H2,1-2H3,(H,34,35). The summed E-state index contributed by atoms with van der Waals surface area (Å²) in [5.41, 5.74) is 2.95. The molecule has 2 aliphatic heterocycles. The minimum absolute atomic E-state index is 0.0960. The van der Waals surface area contributed by atoms with Gasteiger partial charge in [-0.05, 0) is 36.8 Å². The Morgan fingerprint density at radius 2 is 2.03 bits per heavy atom. The highest BCUT2D eigenvalue weighted by molar-refractivity contribution is 5.71. The summed E-state index contributed by atoms with van der Waals surface area (Å²) < 4.78 is 36.1. The first-order valence-corrected chi connectivity index (χ1v) is 12.8. The summed E-state index contributed by atoms with van der Waals surface area (Å²) >= 11 is 0. The highest BCUT2D eigenvalue weighted by atomic mass is 19.3. The number of aromatic nitrogens is 4. The minimum atomic E-state index is -2.98. The van der Waals surface area contributed by atoms with Crippen LogP contribution in [-0.2, 0) is 29.5 Å². The van der Waals surface area contributed by atoms with Crippen molar-refractivity contribution in [2.75, 3.05) is 24.5 Å². The Bertz CT molecular complexity index is 1180. The lowest BCUT2D eigenvalue weighted by atomic mass is 9.91. The van der Waals surface area contributed by atoms with Crippen molar-refractivity contribution in [2.24, 2.45) is 18.9 Å². The van der Waals surface area contributed by atoms with Crippen LogP contribution < -0.4 is 4.90 Å². The number of halogens is 2. The molecule has 2 atom stereocenters. The Morgan fingerprint density at radius 1 is 1.24 bits per heavy atom. The van der Waals surface area contributed by atoms with E-state index in [0.717, 1.165) is 6.42 Å². The van der Waals surface area contributed by atoms with Crippen LogP contribution in [0, 0.1) is 11.8 Å². The van der Waals surface area contributed by atoms with Gasteiger partial charge in [0.15, 0.2) is 0 Å². The smallest absolute Gasteiger partial charge is 0.410 e. The molecule has 1 saturated carbocycles. The highest BCUT2D eigenvalue weighted by Gasteiger charge is 2.42. The van der Waals surface area contributed by atoms with Gasteiger partial charge >= 0.3 is 12.1 Å². The number of hydrogen-bond acceptors (Lipinski definition) is 7. The van der Waals surface area contributed by atoms with Gasteiger partial charge in [0.2, 0.25) is 0 Å². The molecule has 3 aliphatic rings. The first-order valence-electron chi connectivity index (χ1n) is 12.8. The summed E-state index contributed by atoms with van der Waals surface area (Å²) in [5.74, 6) is -4.06. The van der Waals surface area contributed by atoms with Crippen molar-refractivity contribution in [1.82, 2.24) is 24.9 Å². The lowest BCUT2D eigenvalue weighted by Crippen LogP contribution is -2.48. The van der Waals surface area contributed by atoms with E-state index in [1.807, 2.05) is 6.92 Å². The lowest BCUT2D eigenvalue weighted by Gasteiger charge is -2.39. The molecule has 0 spiro atoms. The van der Waals surface area contributed by atoms with Gasteiger partial charge in [0, 0.05) is 20.0 Å². The number of ether oxygens (including phenoxy) is 1. The van der Waals surface area contributed by atoms with Gasteiger partial charge in [-0.2, -0.15) is 0 Å². The number of anilines is 1. The molecule has 200 valence electrons. The van der Waals surface area contributed by atoms with Gasteiger partial charge < -0.3 is 14.7 Å². The van der Waals surface area contributed by atoms with Crippen LogP contribution in [0.25, 0.3) is 11.4 Å². The zero-order valence-electron chi connectivity index (χ0n) is 21.1. The monoisotopic (exact) mass is 518 g/mol. The van der Waals surface area contributed by atoms with Gasteiger partial charge in [-0.25, -0.2) is 23.2 Å². The molecule has 5 rings (SSSR count). The van der Waals surface area contributed by atoms with E-state index in [1.165, 1.54) is 12.8 Å². The molecule has 2 aromatic heterocycles. The number of hydrogen-bond donors (Lipinski definition) is 1. The second-order valence-electron chi connectivity index (χ2n) is 10.5. The number of rotatable bonds is 9. The number of pyridine rings is 1. The quantitative estimate of drug-likeness (QED) is 0.537. The van der Waals surface area contributed by atoms with Crippen molar-refractivity contribution in [3.05, 3.63) is 23.5 Å². The summed E-state index contributed by atoms with van der Waals surface area (Å²) in [6.07, 6.45) is 2.59. The predicted molar refractivity (Wildman–Crippen MR) is 129 cm³/mol. The summed E-state index contributed by atoms with van der Waals surface area (Å²) in [6, 6.07) is 3.47. The number of nitrogens with zero attached hydrogens (tertiary/aromatic N) is 6. The van der Waals surface area contributed by atoms with Crippen LogP contribution in [0.1, 0.15) is 50.4 Å². The maximum atomic E-state index is 14.5. The van der Waals surface area contributed by atoms with E-state index >= 15 is 0 Å². The molecule has 10 nitrogen and oxygen atoms in total. The van der Waals surface area contributed by atoms with Crippen LogP contribution in [0.15, 0.2) is 12.1 Å². The second kappa shape index (κ2) is 9.86. The predicted octanol–water partition coefficient (Wildman–Crippen LogP) is 3.50. The second-order valence-corrected chi connectivity index (χ2v) is 10.5. The summed E-state index contributed by atoms with van der Waals surface area (Å²) in [7, 11) is 1.75. The van der Waals surface area contributed by atoms with Crippen molar-refractivity contribution in [1.29, 1.82) is 0 Å². The Balaban J connectivity index is 1.37. The number of piperidine rings is 1. The summed E-state index contributed by atoms with van der Waals surface area (Å²) in [6.45, 7) is 2.44. The summed E-state index contributed by atoms with van der Waals surface area (Å²) in [5, 5.41) is 17.6. The third kappa shape index (κ3) is 5.67. The number of alkyl halides is 2. The third-order valence-corrected chi connectivity index (χ3v) is 7.35. The molecule has 2 saturated heterocycles. The number of carboxylic acids is 1. The molecular weight excluding hydrogens is 486 g/mol. The number of aliphatic carboxylic acids is 1. The molecule has 0 aromatic carbocycles. The molecule has 2 aromatic rings. The zero-order valence-corrected chi connectivity index (χ0v) is 21.1. The summed E-state index contributed by atoms with van der Waals surface area (Å²) in [4.78, 5) is 31.6. The molecule has 1 aliphatic carbocycles. The van der Waals surface area contributed by atoms with Crippen LogP contribution in [0.2, 0.25) is 0 Å². The molecule has 3 fully saturated rings. The van der Waals surface area contributed by atoms with E-state index in [0.29, 0.717) is 47.3 Å². The Morgan fingerprint density at radius 3 is 2.73 bits per heavy atom. The van der Waals surface area contributed by atoms with Gasteiger partial charge in [-0.3, -0.25) is 9.69 Å². The van der Waals surface area contributed by atoms with E-state index in [4.69, 9.17) is 14.8 Å². The number of carboxylic acid groups (broad SMARTS) is 1. The van der Waals surface area contributed by atoms with Crippen molar-refractivity contribution in [3.63, 3.8) is 0 Å². The molecule has 0 radical (unpaired) electrons. The van der Waals surface area contributed by atoms with Gasteiger partial charge in [0.25, 0.3) is 5.92 Å². The molecule has 0 bridgehead atoms. The van der Waals surface area contributed by atoms with E-state index < -0.39 is 30.8 Å². The lowest BCUT2D eigenvalue weighted by molar-refractivity contribution is -0.139. The van der Waals surface area contributed by atoms with Crippen LogP contribution >= 0.6 is 0 Å². The fraction of sp³-hybridized carbons (Fsp3) is 0.640. The molecule has 1 amide bonds. The number of amides is 1. The van der Waals surface area contributed by atoms with Crippen LogP contribution in [0.4, 0.5) is 19.3 Å². The average Bonchev–Trinajstić information content (AvgIpc) is 3.47. The Kier molecular flexibility index (Phi) is 6.76. The number of carbonyl (C=O) groups is 2. The van der Waals surface area contributed by atoms with E-state index in [9.17, 15) is 18.4 Å². The normalized spacial score (nSPS) is 23.4. The maximum absolute atomic E-state index is 14.5. The zero-order chi connectivity index (χ0) is 26.3. The average molecular weight is 519 g/mol. The minimum Gasteiger partial charge on any atom is -0.481 e. The Labute approximate surface area is 213 Å². The van der Waals surface area contributed by atoms with Crippen LogP contribution in [0.3, 0.4) is 0 Å². The van der Waals surface area contributed by atoms with Crippen LogP contribution in [-0.4, -0.2) is 73.7 Å². The molecule has 37 heavy (non-hydrogen) atoms. The van der Waals surface area contributed by atoms with Crippen molar-refractivity contribution in [2.45, 2.75) is 64.0 Å². The largest absolute Gasteiger partial charge is 0.481 e. The maximum Gasteiger partial charge on any atom is 0.410 e. The van der Waals surface area contributed by atoms with Gasteiger partial charge in [-0.15, -0.1) is 5.10 Å². The van der Waals surface area contributed by atoms with Crippen LogP contribution in [0.5, 0.6) is 0 Å². The molecular formula is C25H32F2N6O4. The fourth-order valence-electron chi connectivity index (χ4n) is 5.43. The van der Waals surface area contributed by atoms with Crippen molar-refractivity contribution < 1.29 is 28.2 Å². The van der Waals surface area contributed by atoms with Gasteiger partial charge in [-0.1, -0.05) is 25.0 Å². The number of carbonyl (C=O) groups excluding carboxylic acids is 1.